The zero-order valence-electron chi connectivity index (χ0n) is 26.2. The lowest BCUT2D eigenvalue weighted by Gasteiger charge is -2.33. The Balaban J connectivity index is 1.18. The number of carbonyl (C=O) groups is 1. The molecule has 0 spiro atoms. The van der Waals surface area contributed by atoms with Gasteiger partial charge in [0.25, 0.3) is 0 Å². The minimum absolute atomic E-state index is 0.0170. The molecule has 1 aromatic carbocycles. The van der Waals surface area contributed by atoms with Crippen molar-refractivity contribution in [1.82, 2.24) is 24.8 Å². The minimum atomic E-state index is -0.484. The highest BCUT2D eigenvalue weighted by Crippen LogP contribution is 2.58. The Morgan fingerprint density at radius 1 is 0.929 bits per heavy atom. The number of rotatable bonds is 10. The van der Waals surface area contributed by atoms with Crippen LogP contribution in [0.15, 0.2) is 24.5 Å². The maximum atomic E-state index is 13.2. The van der Waals surface area contributed by atoms with Crippen molar-refractivity contribution in [3.05, 3.63) is 58.6 Å². The molecule has 0 aliphatic heterocycles. The first-order valence-electron chi connectivity index (χ1n) is 16.7. The van der Waals surface area contributed by atoms with Crippen molar-refractivity contribution in [2.45, 2.75) is 128 Å². The highest BCUT2D eigenvalue weighted by Gasteiger charge is 2.42. The molecular weight excluding hydrogens is 520 g/mol. The molecule has 6 rings (SSSR count). The summed E-state index contributed by atoms with van der Waals surface area (Å²) in [7, 11) is 0. The van der Waals surface area contributed by atoms with Crippen LogP contribution in [-0.2, 0) is 11.2 Å². The molecular formula is C35H50N6O. The lowest BCUT2D eigenvalue weighted by molar-refractivity contribution is -0.136. The second kappa shape index (κ2) is 12.0. The van der Waals surface area contributed by atoms with Crippen LogP contribution in [0, 0.1) is 5.92 Å². The molecule has 2 aromatic heterocycles. The number of aromatic amines is 2. The van der Waals surface area contributed by atoms with Crippen LogP contribution in [0.25, 0.3) is 11.3 Å². The van der Waals surface area contributed by atoms with Gasteiger partial charge in [0.1, 0.15) is 11.6 Å². The summed E-state index contributed by atoms with van der Waals surface area (Å²) in [5, 5.41) is 0. The number of likely N-dealkylation sites (N-methyl/N-ethyl adjacent to an activating group) is 1. The number of hydrogen-bond donors (Lipinski definition) is 3. The molecule has 2 saturated carbocycles. The molecule has 2 bridgehead atoms. The molecule has 2 heterocycles. The van der Waals surface area contributed by atoms with Crippen LogP contribution in [0.2, 0.25) is 0 Å². The van der Waals surface area contributed by atoms with Gasteiger partial charge >= 0.3 is 0 Å². The highest BCUT2D eigenvalue weighted by molar-refractivity contribution is 5.82. The average molecular weight is 571 g/mol. The van der Waals surface area contributed by atoms with E-state index in [9.17, 15) is 4.79 Å². The summed E-state index contributed by atoms with van der Waals surface area (Å²) >= 11 is 0. The number of fused-ring (bicyclic) bond motifs is 5. The standard InChI is InChI=1S/C35H50N6O/c1-6-29(41(8-3)35(42)33(36)20(4)5)34-38-18-27(40-34)22-11-9-21(10-12-22)25-15-16-26(28-19-37-30(7-2)39-28)32-24-14-13-23(17-24)31(25)32/h15-16,18-24,29,33H,6-14,17,36H2,1-5H3,(H,37,39)(H,38,40)/t21?,22?,23?,24?,29-,33-/m0/s1. The van der Waals surface area contributed by atoms with Gasteiger partial charge in [-0.3, -0.25) is 4.79 Å². The van der Waals surface area contributed by atoms with Crippen molar-refractivity contribution in [3.8, 4) is 11.3 Å². The summed E-state index contributed by atoms with van der Waals surface area (Å²) in [4.78, 5) is 31.8. The normalized spacial score (nSPS) is 24.6. The summed E-state index contributed by atoms with van der Waals surface area (Å²) < 4.78 is 0. The van der Waals surface area contributed by atoms with Crippen LogP contribution < -0.4 is 5.73 Å². The van der Waals surface area contributed by atoms with Crippen LogP contribution in [0.5, 0.6) is 0 Å². The fourth-order valence-corrected chi connectivity index (χ4v) is 8.34. The quantitative estimate of drug-likeness (QED) is 0.235. The van der Waals surface area contributed by atoms with E-state index >= 15 is 0 Å². The van der Waals surface area contributed by atoms with Gasteiger partial charge in [0.05, 0.1) is 24.0 Å². The molecule has 3 aromatic rings. The first-order valence-corrected chi connectivity index (χ1v) is 16.7. The van der Waals surface area contributed by atoms with E-state index in [1.165, 1.54) is 61.9 Å². The number of benzene rings is 1. The zero-order chi connectivity index (χ0) is 29.5. The van der Waals surface area contributed by atoms with Gasteiger partial charge in [0.2, 0.25) is 5.91 Å². The number of amides is 1. The minimum Gasteiger partial charge on any atom is -0.344 e. The van der Waals surface area contributed by atoms with Crippen molar-refractivity contribution >= 4 is 5.91 Å². The Labute approximate surface area is 251 Å². The molecule has 3 aliphatic carbocycles. The van der Waals surface area contributed by atoms with Crippen molar-refractivity contribution in [1.29, 1.82) is 0 Å². The summed E-state index contributed by atoms with van der Waals surface area (Å²) in [6, 6.07) is 4.30. The van der Waals surface area contributed by atoms with Crippen LogP contribution in [0.1, 0.15) is 150 Å². The Kier molecular flexibility index (Phi) is 8.32. The van der Waals surface area contributed by atoms with Gasteiger partial charge in [-0.15, -0.1) is 0 Å². The molecule has 4 atom stereocenters. The van der Waals surface area contributed by atoms with Crippen LogP contribution >= 0.6 is 0 Å². The number of hydrogen-bond acceptors (Lipinski definition) is 4. The second-order valence-electron chi connectivity index (χ2n) is 13.4. The number of aryl methyl sites for hydroxylation is 1. The Morgan fingerprint density at radius 3 is 2.26 bits per heavy atom. The van der Waals surface area contributed by atoms with Crippen molar-refractivity contribution in [2.75, 3.05) is 6.54 Å². The number of nitrogens with two attached hydrogens (primary N) is 1. The fourth-order valence-electron chi connectivity index (χ4n) is 8.34. The third-order valence-electron chi connectivity index (χ3n) is 10.8. The van der Waals surface area contributed by atoms with Crippen molar-refractivity contribution in [2.24, 2.45) is 11.7 Å². The summed E-state index contributed by atoms with van der Waals surface area (Å²) in [6.45, 7) is 11.0. The van der Waals surface area contributed by atoms with Gasteiger partial charge in [-0.2, -0.15) is 0 Å². The van der Waals surface area contributed by atoms with E-state index in [0.717, 1.165) is 30.4 Å². The number of aromatic nitrogens is 4. The third-order valence-corrected chi connectivity index (χ3v) is 10.8. The zero-order valence-corrected chi connectivity index (χ0v) is 26.2. The predicted octanol–water partition coefficient (Wildman–Crippen LogP) is 7.45. The van der Waals surface area contributed by atoms with E-state index in [2.05, 4.69) is 40.9 Å². The molecule has 7 heteroatoms. The van der Waals surface area contributed by atoms with E-state index in [1.54, 1.807) is 16.7 Å². The van der Waals surface area contributed by atoms with Gasteiger partial charge in [-0.25, -0.2) is 9.97 Å². The number of nitrogens with zero attached hydrogens (tertiary/aromatic N) is 3. The molecule has 2 fully saturated rings. The van der Waals surface area contributed by atoms with Gasteiger partial charge in [0, 0.05) is 36.3 Å². The van der Waals surface area contributed by atoms with Gasteiger partial charge < -0.3 is 20.6 Å². The number of H-pyrrole nitrogens is 2. The first-order chi connectivity index (χ1) is 20.3. The molecule has 2 unspecified atom stereocenters. The smallest absolute Gasteiger partial charge is 0.240 e. The fraction of sp³-hybridized carbons (Fsp3) is 0.629. The number of nitrogens with one attached hydrogen (secondary N) is 2. The topological polar surface area (TPSA) is 104 Å². The van der Waals surface area contributed by atoms with E-state index in [-0.39, 0.29) is 17.9 Å². The predicted molar refractivity (Wildman–Crippen MR) is 169 cm³/mol. The molecule has 0 radical (unpaired) electrons. The monoisotopic (exact) mass is 570 g/mol. The Hall–Kier alpha value is -2.93. The molecule has 4 N–H and O–H groups in total. The summed E-state index contributed by atoms with van der Waals surface area (Å²) in [5.41, 5.74) is 15.0. The van der Waals surface area contributed by atoms with Crippen molar-refractivity contribution < 1.29 is 4.79 Å². The average Bonchev–Trinajstić information content (AvgIpc) is 3.83. The number of imidazole rings is 2. The Bertz CT molecular complexity index is 1400. The lowest BCUT2D eigenvalue weighted by atomic mass is 9.73. The van der Waals surface area contributed by atoms with Crippen LogP contribution in [0.4, 0.5) is 0 Å². The maximum absolute atomic E-state index is 13.2. The van der Waals surface area contributed by atoms with Crippen LogP contribution in [-0.4, -0.2) is 43.3 Å². The molecule has 226 valence electrons. The maximum Gasteiger partial charge on any atom is 0.240 e. The van der Waals surface area contributed by atoms with Gasteiger partial charge in [0.15, 0.2) is 0 Å². The third kappa shape index (κ3) is 5.12. The Morgan fingerprint density at radius 2 is 1.62 bits per heavy atom. The van der Waals surface area contributed by atoms with Crippen LogP contribution in [0.3, 0.4) is 0 Å². The molecule has 42 heavy (non-hydrogen) atoms. The molecule has 7 nitrogen and oxygen atoms in total. The van der Waals surface area contributed by atoms with Gasteiger partial charge in [-0.1, -0.05) is 39.8 Å². The van der Waals surface area contributed by atoms with E-state index in [1.807, 2.05) is 38.1 Å². The summed E-state index contributed by atoms with van der Waals surface area (Å²) in [5.74, 6) is 4.67. The number of carbonyl (C=O) groups excluding carboxylic acids is 1. The summed E-state index contributed by atoms with van der Waals surface area (Å²) in [6.07, 6.45) is 14.6. The lowest BCUT2D eigenvalue weighted by Crippen LogP contribution is -2.48. The van der Waals surface area contributed by atoms with E-state index in [0.29, 0.717) is 24.3 Å². The van der Waals surface area contributed by atoms with E-state index < -0.39 is 6.04 Å². The molecule has 1 amide bonds. The largest absolute Gasteiger partial charge is 0.344 e. The first kappa shape index (κ1) is 29.2. The SMILES string of the molecule is CCc1ncc(-c2ccc(C3CCC(c4cnc([C@H](CC)N(CC)C(=O)[C@@H](N)C(C)C)[nH]4)CC3)c3c2C2CCC3C2)[nH]1. The van der Waals surface area contributed by atoms with E-state index in [4.69, 9.17) is 10.7 Å². The van der Waals surface area contributed by atoms with Crippen molar-refractivity contribution in [3.63, 3.8) is 0 Å². The highest BCUT2D eigenvalue weighted by atomic mass is 16.2. The second-order valence-corrected chi connectivity index (χ2v) is 13.4. The van der Waals surface area contributed by atoms with Gasteiger partial charge in [-0.05, 0) is 98.7 Å². The molecule has 3 aliphatic rings. The molecule has 0 saturated heterocycles.